The molecule has 0 bridgehead atoms. The summed E-state index contributed by atoms with van der Waals surface area (Å²) in [7, 11) is 0. The van der Waals surface area contributed by atoms with E-state index in [0.29, 0.717) is 38.5 Å². The molecular weight excluding hydrogens is 284 g/mol. The molecule has 22 heavy (non-hydrogen) atoms. The van der Waals surface area contributed by atoms with Gasteiger partial charge in [-0.25, -0.2) is 0 Å². The van der Waals surface area contributed by atoms with Gasteiger partial charge in [0, 0.05) is 0 Å². The molecule has 0 aliphatic heterocycles. The maximum absolute atomic E-state index is 10.9. The molecule has 0 spiro atoms. The summed E-state index contributed by atoms with van der Waals surface area (Å²) < 4.78 is 0. The van der Waals surface area contributed by atoms with E-state index >= 15 is 0 Å². The van der Waals surface area contributed by atoms with Crippen LogP contribution in [0.5, 0.6) is 0 Å². The Hall–Kier alpha value is -1.10. The zero-order chi connectivity index (χ0) is 17.0. The van der Waals surface area contributed by atoms with Gasteiger partial charge in [-0.15, -0.1) is 0 Å². The molecule has 0 aromatic carbocycles. The summed E-state index contributed by atoms with van der Waals surface area (Å²) in [6.45, 7) is 3.77. The first-order valence-electron chi connectivity index (χ1n) is 8.55. The van der Waals surface area contributed by atoms with Crippen molar-refractivity contribution in [1.29, 1.82) is 0 Å². The minimum Gasteiger partial charge on any atom is -0.481 e. The number of aliphatic hydroxyl groups excluding tert-OH is 1. The van der Waals surface area contributed by atoms with Crippen LogP contribution >= 0.6 is 0 Å². The zero-order valence-electron chi connectivity index (χ0n) is 14.0. The van der Waals surface area contributed by atoms with Crippen molar-refractivity contribution in [1.82, 2.24) is 0 Å². The number of carboxylic acids is 2. The van der Waals surface area contributed by atoms with Crippen molar-refractivity contribution in [3.63, 3.8) is 0 Å². The Morgan fingerprint density at radius 3 is 1.32 bits per heavy atom. The fourth-order valence-corrected chi connectivity index (χ4v) is 2.69. The number of hydrogen-bond acceptors (Lipinski definition) is 3. The van der Waals surface area contributed by atoms with Crippen LogP contribution in [0.3, 0.4) is 0 Å². The molecule has 2 unspecified atom stereocenters. The Kier molecular flexibility index (Phi) is 11.8. The summed E-state index contributed by atoms with van der Waals surface area (Å²) in [4.78, 5) is 21.7. The Balaban J connectivity index is 3.64. The molecule has 0 aromatic heterocycles. The standard InChI is InChI=1S/C17H32O5/c1-3-13(16(19)20)9-5-7-11-15(18)12-8-6-10-14(4-2)17(21)22/h13-15,18H,3-12H2,1-2H3,(H,19,20)(H,21,22). The van der Waals surface area contributed by atoms with Gasteiger partial charge in [0.05, 0.1) is 17.9 Å². The highest BCUT2D eigenvalue weighted by molar-refractivity contribution is 5.70. The van der Waals surface area contributed by atoms with Gasteiger partial charge in [-0.2, -0.15) is 0 Å². The molecule has 5 nitrogen and oxygen atoms in total. The summed E-state index contributed by atoms with van der Waals surface area (Å²) in [6, 6.07) is 0. The molecule has 0 radical (unpaired) electrons. The third-order valence-corrected chi connectivity index (χ3v) is 4.36. The number of carboxylic acid groups (broad SMARTS) is 2. The van der Waals surface area contributed by atoms with Gasteiger partial charge in [0.15, 0.2) is 0 Å². The number of carbonyl (C=O) groups is 2. The van der Waals surface area contributed by atoms with E-state index in [9.17, 15) is 14.7 Å². The maximum Gasteiger partial charge on any atom is 0.306 e. The van der Waals surface area contributed by atoms with Crippen LogP contribution < -0.4 is 0 Å². The highest BCUT2D eigenvalue weighted by Gasteiger charge is 2.15. The number of rotatable bonds is 14. The van der Waals surface area contributed by atoms with E-state index in [1.54, 1.807) is 0 Å². The van der Waals surface area contributed by atoms with Crippen molar-refractivity contribution < 1.29 is 24.9 Å². The number of aliphatic hydroxyl groups is 1. The molecule has 0 rings (SSSR count). The molecule has 0 fully saturated rings. The van der Waals surface area contributed by atoms with Crippen molar-refractivity contribution >= 4 is 11.9 Å². The molecule has 0 aromatic rings. The van der Waals surface area contributed by atoms with Gasteiger partial charge in [0.25, 0.3) is 0 Å². The van der Waals surface area contributed by atoms with Gasteiger partial charge >= 0.3 is 11.9 Å². The minimum absolute atomic E-state index is 0.265. The van der Waals surface area contributed by atoms with Crippen LogP contribution in [0.1, 0.15) is 78.1 Å². The largest absolute Gasteiger partial charge is 0.481 e. The quantitative estimate of drug-likeness (QED) is 0.425. The van der Waals surface area contributed by atoms with Crippen molar-refractivity contribution in [2.45, 2.75) is 84.2 Å². The average molecular weight is 316 g/mol. The lowest BCUT2D eigenvalue weighted by Gasteiger charge is -2.13. The predicted molar refractivity (Wildman–Crippen MR) is 85.8 cm³/mol. The average Bonchev–Trinajstić information content (AvgIpc) is 2.46. The molecule has 0 saturated carbocycles. The van der Waals surface area contributed by atoms with E-state index in [-0.39, 0.29) is 17.9 Å². The van der Waals surface area contributed by atoms with Crippen molar-refractivity contribution in [3.05, 3.63) is 0 Å². The van der Waals surface area contributed by atoms with Crippen LogP contribution in [-0.4, -0.2) is 33.4 Å². The second kappa shape index (κ2) is 12.4. The summed E-state index contributed by atoms with van der Waals surface area (Å²) in [5, 5.41) is 27.8. The topological polar surface area (TPSA) is 94.8 Å². The Bertz CT molecular complexity index is 286. The van der Waals surface area contributed by atoms with Crippen LogP contribution in [-0.2, 0) is 9.59 Å². The van der Waals surface area contributed by atoms with Gasteiger partial charge in [-0.1, -0.05) is 39.5 Å². The van der Waals surface area contributed by atoms with Crippen LogP contribution in [0.25, 0.3) is 0 Å². The van der Waals surface area contributed by atoms with E-state index in [1.165, 1.54) is 0 Å². The molecule has 0 amide bonds. The molecule has 130 valence electrons. The third kappa shape index (κ3) is 9.77. The van der Waals surface area contributed by atoms with E-state index in [0.717, 1.165) is 25.7 Å². The van der Waals surface area contributed by atoms with Gasteiger partial charge in [-0.05, 0) is 38.5 Å². The molecule has 0 aliphatic rings. The molecule has 0 heterocycles. The lowest BCUT2D eigenvalue weighted by atomic mass is 9.96. The van der Waals surface area contributed by atoms with E-state index in [1.807, 2.05) is 13.8 Å². The van der Waals surface area contributed by atoms with E-state index in [2.05, 4.69) is 0 Å². The van der Waals surface area contributed by atoms with E-state index in [4.69, 9.17) is 10.2 Å². The van der Waals surface area contributed by atoms with E-state index < -0.39 is 11.9 Å². The first kappa shape index (κ1) is 20.9. The maximum atomic E-state index is 10.9. The Morgan fingerprint density at radius 1 is 0.727 bits per heavy atom. The first-order chi connectivity index (χ1) is 10.4. The lowest BCUT2D eigenvalue weighted by Crippen LogP contribution is -2.13. The first-order valence-corrected chi connectivity index (χ1v) is 8.55. The van der Waals surface area contributed by atoms with Crippen LogP contribution in [0.2, 0.25) is 0 Å². The molecular formula is C17H32O5. The van der Waals surface area contributed by atoms with Gasteiger partial charge < -0.3 is 15.3 Å². The normalized spacial score (nSPS) is 15.2. The fourth-order valence-electron chi connectivity index (χ4n) is 2.69. The lowest BCUT2D eigenvalue weighted by molar-refractivity contribution is -0.143. The van der Waals surface area contributed by atoms with Crippen molar-refractivity contribution in [2.24, 2.45) is 11.8 Å². The second-order valence-corrected chi connectivity index (χ2v) is 6.11. The monoisotopic (exact) mass is 316 g/mol. The molecule has 3 N–H and O–H groups in total. The smallest absolute Gasteiger partial charge is 0.306 e. The third-order valence-electron chi connectivity index (χ3n) is 4.36. The Labute approximate surface area is 133 Å². The highest BCUT2D eigenvalue weighted by atomic mass is 16.4. The SMILES string of the molecule is CCC(CCCCC(O)CCCCC(CC)C(=O)O)C(=O)O. The van der Waals surface area contributed by atoms with Crippen LogP contribution in [0, 0.1) is 11.8 Å². The molecule has 0 aliphatic carbocycles. The summed E-state index contributed by atoms with van der Waals surface area (Å²) in [5.41, 5.74) is 0. The number of aliphatic carboxylic acids is 2. The predicted octanol–water partition coefficient (Wildman–Crippen LogP) is 3.69. The molecule has 0 saturated heterocycles. The number of unbranched alkanes of at least 4 members (excludes halogenated alkanes) is 2. The van der Waals surface area contributed by atoms with Crippen LogP contribution in [0.4, 0.5) is 0 Å². The van der Waals surface area contributed by atoms with Crippen LogP contribution in [0.15, 0.2) is 0 Å². The zero-order valence-corrected chi connectivity index (χ0v) is 14.0. The highest BCUT2D eigenvalue weighted by Crippen LogP contribution is 2.18. The Morgan fingerprint density at radius 2 is 1.05 bits per heavy atom. The van der Waals surface area contributed by atoms with Gasteiger partial charge in [-0.3, -0.25) is 9.59 Å². The van der Waals surface area contributed by atoms with Gasteiger partial charge in [0.2, 0.25) is 0 Å². The van der Waals surface area contributed by atoms with Crippen molar-refractivity contribution in [3.8, 4) is 0 Å². The second-order valence-electron chi connectivity index (χ2n) is 6.11. The van der Waals surface area contributed by atoms with Gasteiger partial charge in [0.1, 0.15) is 0 Å². The minimum atomic E-state index is -0.730. The summed E-state index contributed by atoms with van der Waals surface area (Å²) in [5.74, 6) is -1.99. The fraction of sp³-hybridized carbons (Fsp3) is 0.882. The summed E-state index contributed by atoms with van der Waals surface area (Å²) in [6.07, 6.45) is 7.06. The van der Waals surface area contributed by atoms with Crippen molar-refractivity contribution in [2.75, 3.05) is 0 Å². The summed E-state index contributed by atoms with van der Waals surface area (Å²) >= 11 is 0. The number of hydrogen-bond donors (Lipinski definition) is 3. The molecule has 5 heteroatoms. The molecule has 2 atom stereocenters.